The predicted octanol–water partition coefficient (Wildman–Crippen LogP) is 4.91. The summed E-state index contributed by atoms with van der Waals surface area (Å²) in [7, 11) is 0. The van der Waals surface area contributed by atoms with Crippen LogP contribution in [0.15, 0.2) is 95.6 Å². The van der Waals surface area contributed by atoms with Crippen molar-refractivity contribution >= 4 is 11.8 Å². The van der Waals surface area contributed by atoms with Crippen molar-refractivity contribution in [2.45, 2.75) is 69.5 Å². The first-order valence-corrected chi connectivity index (χ1v) is 15.6. The molecule has 3 aromatic carbocycles. The lowest BCUT2D eigenvalue weighted by molar-refractivity contribution is -0.0326. The first kappa shape index (κ1) is 30.7. The molecule has 6 rings (SSSR count). The molecule has 4 aromatic rings. The molecule has 0 spiro atoms. The largest absolute Gasteiger partial charge is 0.446 e. The first-order chi connectivity index (χ1) is 21.8. The highest BCUT2D eigenvalue weighted by atomic mass is 16.5. The van der Waals surface area contributed by atoms with Gasteiger partial charge in [-0.05, 0) is 62.4 Å². The van der Waals surface area contributed by atoms with Gasteiger partial charge in [-0.1, -0.05) is 66.7 Å². The second-order valence-electron chi connectivity index (χ2n) is 12.1. The molecule has 3 N–H and O–H groups in total. The summed E-state index contributed by atoms with van der Waals surface area (Å²) in [6.45, 7) is 5.33. The van der Waals surface area contributed by atoms with Gasteiger partial charge in [-0.15, -0.1) is 0 Å². The van der Waals surface area contributed by atoms with E-state index in [1.165, 1.54) is 0 Å². The molecule has 0 bridgehead atoms. The Kier molecular flexibility index (Phi) is 9.11. The van der Waals surface area contributed by atoms with Crippen LogP contribution in [0, 0.1) is 6.92 Å². The standard InChI is InChI=1S/C36H40N4O5/c1-24-22-45-34(38-24)31-17-10-18-40(31)35(42)28-14-9-13-27(19-28)33(41)39-25(2)36(43,29-15-7-4-8-16-29)32-20-30(21-37-32)44-23-26-11-5-3-6-12-26/h3-9,11-16,19,22,25,30-32,37,43H,10,17-18,20-21,23H2,1-2H3,(H,39,41)/t25?,30-,31-,32+,36?/m1/s1. The number of nitrogens with one attached hydrogen (secondary N) is 2. The molecule has 3 heterocycles. The summed E-state index contributed by atoms with van der Waals surface area (Å²) in [6.07, 6.45) is 3.70. The van der Waals surface area contributed by atoms with Gasteiger partial charge in [0.05, 0.1) is 24.4 Å². The molecule has 45 heavy (non-hydrogen) atoms. The Morgan fingerprint density at radius 2 is 1.82 bits per heavy atom. The van der Waals surface area contributed by atoms with Crippen molar-refractivity contribution in [1.82, 2.24) is 20.5 Å². The lowest BCUT2D eigenvalue weighted by atomic mass is 9.79. The molecule has 2 saturated heterocycles. The molecule has 9 nitrogen and oxygen atoms in total. The minimum atomic E-state index is -1.42. The summed E-state index contributed by atoms with van der Waals surface area (Å²) in [4.78, 5) is 33.4. The molecule has 0 aliphatic carbocycles. The fraction of sp³-hybridized carbons (Fsp3) is 0.361. The number of hydrogen-bond donors (Lipinski definition) is 3. The Morgan fingerprint density at radius 1 is 1.09 bits per heavy atom. The lowest BCUT2D eigenvalue weighted by Gasteiger charge is -2.40. The number of hydrogen-bond acceptors (Lipinski definition) is 7. The van der Waals surface area contributed by atoms with Crippen molar-refractivity contribution in [2.75, 3.05) is 13.1 Å². The molecule has 2 aliphatic rings. The first-order valence-electron chi connectivity index (χ1n) is 15.6. The number of oxazole rings is 1. The molecule has 2 unspecified atom stereocenters. The fourth-order valence-corrected chi connectivity index (χ4v) is 6.55. The van der Waals surface area contributed by atoms with Crippen molar-refractivity contribution in [3.05, 3.63) is 125 Å². The Labute approximate surface area is 263 Å². The van der Waals surface area contributed by atoms with Crippen LogP contribution in [0.3, 0.4) is 0 Å². The summed E-state index contributed by atoms with van der Waals surface area (Å²) >= 11 is 0. The third-order valence-corrected chi connectivity index (χ3v) is 9.00. The number of aliphatic hydroxyl groups is 1. The third kappa shape index (κ3) is 6.56. The average molecular weight is 609 g/mol. The minimum absolute atomic E-state index is 0.0919. The second kappa shape index (κ2) is 13.4. The number of nitrogens with zero attached hydrogens (tertiary/aromatic N) is 2. The van der Waals surface area contributed by atoms with Crippen LogP contribution in [0.5, 0.6) is 0 Å². The SMILES string of the molecule is Cc1coc([C@H]2CCCN2C(=O)c2cccc(C(=O)NC(C)C(O)(c3ccccc3)[C@@H]3C[C@@H](OCc4ccccc4)CN3)c2)n1. The molecule has 2 amide bonds. The normalized spacial score (nSPS) is 21.8. The van der Waals surface area contributed by atoms with E-state index in [1.54, 1.807) is 35.4 Å². The zero-order valence-corrected chi connectivity index (χ0v) is 25.7. The maximum absolute atomic E-state index is 13.6. The van der Waals surface area contributed by atoms with E-state index >= 15 is 0 Å². The molecular weight excluding hydrogens is 568 g/mol. The van der Waals surface area contributed by atoms with E-state index < -0.39 is 11.6 Å². The van der Waals surface area contributed by atoms with E-state index in [-0.39, 0.29) is 30.0 Å². The molecule has 2 fully saturated rings. The Bertz CT molecular complexity index is 1610. The lowest BCUT2D eigenvalue weighted by Crippen LogP contribution is -2.58. The van der Waals surface area contributed by atoms with Gasteiger partial charge in [0, 0.05) is 30.3 Å². The Morgan fingerprint density at radius 3 is 2.56 bits per heavy atom. The maximum Gasteiger partial charge on any atom is 0.254 e. The highest BCUT2D eigenvalue weighted by molar-refractivity contribution is 6.00. The van der Waals surface area contributed by atoms with Crippen LogP contribution in [-0.2, 0) is 16.9 Å². The number of aromatic nitrogens is 1. The summed E-state index contributed by atoms with van der Waals surface area (Å²) in [6, 6.07) is 24.9. The van der Waals surface area contributed by atoms with Crippen molar-refractivity contribution in [2.24, 2.45) is 0 Å². The van der Waals surface area contributed by atoms with Crippen molar-refractivity contribution in [3.8, 4) is 0 Å². The number of ether oxygens (including phenoxy) is 1. The van der Waals surface area contributed by atoms with E-state index in [9.17, 15) is 14.7 Å². The van der Waals surface area contributed by atoms with Crippen LogP contribution in [-0.4, -0.2) is 58.1 Å². The van der Waals surface area contributed by atoms with Gasteiger partial charge in [0.25, 0.3) is 11.8 Å². The van der Waals surface area contributed by atoms with Crippen LogP contribution < -0.4 is 10.6 Å². The van der Waals surface area contributed by atoms with Crippen molar-refractivity contribution < 1.29 is 23.8 Å². The highest BCUT2D eigenvalue weighted by Crippen LogP contribution is 2.35. The highest BCUT2D eigenvalue weighted by Gasteiger charge is 2.47. The monoisotopic (exact) mass is 608 g/mol. The Hall–Kier alpha value is -4.31. The molecule has 0 radical (unpaired) electrons. The number of carbonyl (C=O) groups excluding carboxylic acids is 2. The zero-order valence-electron chi connectivity index (χ0n) is 25.7. The minimum Gasteiger partial charge on any atom is -0.446 e. The smallest absolute Gasteiger partial charge is 0.254 e. The summed E-state index contributed by atoms with van der Waals surface area (Å²) in [5.74, 6) is -0.00859. The predicted molar refractivity (Wildman–Crippen MR) is 169 cm³/mol. The van der Waals surface area contributed by atoms with Crippen molar-refractivity contribution in [1.29, 1.82) is 0 Å². The van der Waals surface area contributed by atoms with E-state index in [0.717, 1.165) is 24.1 Å². The number of aryl methyl sites for hydroxylation is 1. The quantitative estimate of drug-likeness (QED) is 0.234. The second-order valence-corrected chi connectivity index (χ2v) is 12.1. The number of amides is 2. The van der Waals surface area contributed by atoms with Crippen LogP contribution >= 0.6 is 0 Å². The zero-order chi connectivity index (χ0) is 31.4. The molecule has 5 atom stereocenters. The molecular formula is C36H40N4O5. The van der Waals surface area contributed by atoms with Gasteiger partial charge in [-0.25, -0.2) is 4.98 Å². The van der Waals surface area contributed by atoms with Crippen LogP contribution in [0.4, 0.5) is 0 Å². The van der Waals surface area contributed by atoms with E-state index in [2.05, 4.69) is 15.6 Å². The van der Waals surface area contributed by atoms with Gasteiger partial charge >= 0.3 is 0 Å². The third-order valence-electron chi connectivity index (χ3n) is 9.00. The van der Waals surface area contributed by atoms with Gasteiger partial charge in [0.2, 0.25) is 5.89 Å². The number of benzene rings is 3. The Balaban J connectivity index is 1.16. The number of likely N-dealkylation sites (tertiary alicyclic amines) is 1. The average Bonchev–Trinajstić information content (AvgIpc) is 3.85. The topological polar surface area (TPSA) is 117 Å². The molecule has 0 saturated carbocycles. The van der Waals surface area contributed by atoms with E-state index in [0.29, 0.717) is 48.7 Å². The summed E-state index contributed by atoms with van der Waals surface area (Å²) in [5.41, 5.74) is 1.90. The summed E-state index contributed by atoms with van der Waals surface area (Å²) < 4.78 is 11.8. The van der Waals surface area contributed by atoms with Crippen LogP contribution in [0.2, 0.25) is 0 Å². The van der Waals surface area contributed by atoms with Gasteiger partial charge in [-0.3, -0.25) is 9.59 Å². The molecule has 2 aliphatic heterocycles. The number of rotatable bonds is 10. The van der Waals surface area contributed by atoms with Crippen LogP contribution in [0.1, 0.15) is 75.7 Å². The van der Waals surface area contributed by atoms with Gasteiger partial charge in [0.15, 0.2) is 0 Å². The maximum atomic E-state index is 13.6. The van der Waals surface area contributed by atoms with E-state index in [4.69, 9.17) is 9.15 Å². The van der Waals surface area contributed by atoms with Crippen molar-refractivity contribution in [3.63, 3.8) is 0 Å². The molecule has 1 aromatic heterocycles. The number of carbonyl (C=O) groups is 2. The van der Waals surface area contributed by atoms with E-state index in [1.807, 2.05) is 74.5 Å². The fourth-order valence-electron chi connectivity index (χ4n) is 6.55. The van der Waals surface area contributed by atoms with Gasteiger partial charge < -0.3 is 29.8 Å². The summed E-state index contributed by atoms with van der Waals surface area (Å²) in [5, 5.41) is 18.9. The molecule has 234 valence electrons. The van der Waals surface area contributed by atoms with Gasteiger partial charge in [-0.2, -0.15) is 0 Å². The van der Waals surface area contributed by atoms with Gasteiger partial charge in [0.1, 0.15) is 17.9 Å². The molecule has 9 heteroatoms. The van der Waals surface area contributed by atoms with Crippen LogP contribution in [0.25, 0.3) is 0 Å².